The minimum Gasteiger partial charge on any atom is -0.338 e. The Balaban J connectivity index is 1.41. The molecule has 144 valence electrons. The summed E-state index contributed by atoms with van der Waals surface area (Å²) in [7, 11) is 0. The Morgan fingerprint density at radius 2 is 2.04 bits per heavy atom. The van der Waals surface area contributed by atoms with Gasteiger partial charge < -0.3 is 4.52 Å². The molecule has 2 aliphatic rings. The first-order chi connectivity index (χ1) is 13.8. The van der Waals surface area contributed by atoms with Gasteiger partial charge in [-0.15, -0.1) is 0 Å². The highest BCUT2D eigenvalue weighted by Crippen LogP contribution is 2.44. The van der Waals surface area contributed by atoms with Crippen LogP contribution in [-0.4, -0.2) is 38.1 Å². The molecule has 2 aromatic heterocycles. The summed E-state index contributed by atoms with van der Waals surface area (Å²) in [4.78, 5) is 16.7. The minimum absolute atomic E-state index is 0.119. The Morgan fingerprint density at radius 3 is 2.86 bits per heavy atom. The number of hydrogen-bond donors (Lipinski definition) is 0. The fraction of sp³-hybridized carbons (Fsp3) is 0.455. The molecule has 0 N–H and O–H groups in total. The first-order valence-corrected chi connectivity index (χ1v) is 10.2. The monoisotopic (exact) mass is 375 g/mol. The normalized spacial score (nSPS) is 21.9. The maximum absolute atomic E-state index is 5.43. The maximum atomic E-state index is 5.43. The molecular weight excluding hydrogens is 350 g/mol. The molecule has 1 atom stereocenters. The van der Waals surface area contributed by atoms with Crippen LogP contribution >= 0.6 is 0 Å². The number of hydrogen-bond acceptors (Lipinski definition) is 6. The Labute approximate surface area is 165 Å². The average Bonchev–Trinajstić information content (AvgIpc) is 3.34. The predicted molar refractivity (Wildman–Crippen MR) is 106 cm³/mol. The third kappa shape index (κ3) is 3.11. The molecule has 1 spiro atoms. The van der Waals surface area contributed by atoms with E-state index in [4.69, 9.17) is 9.51 Å². The molecule has 3 heterocycles. The van der Waals surface area contributed by atoms with Crippen LogP contribution < -0.4 is 0 Å². The summed E-state index contributed by atoms with van der Waals surface area (Å²) in [5.41, 5.74) is 3.77. The van der Waals surface area contributed by atoms with Gasteiger partial charge in [-0.3, -0.25) is 4.90 Å². The SMILES string of the molecule is CCc1noc(CN2CCCC3(CCc4cnc(-c5ccccc5)nc43)C2)n1. The zero-order valence-electron chi connectivity index (χ0n) is 16.3. The molecule has 0 bridgehead atoms. The van der Waals surface area contributed by atoms with Gasteiger partial charge in [-0.2, -0.15) is 4.98 Å². The third-order valence-electron chi connectivity index (χ3n) is 6.11. The molecule has 3 aromatic rings. The molecule has 0 amide bonds. The second kappa shape index (κ2) is 7.09. The van der Waals surface area contributed by atoms with E-state index in [1.54, 1.807) is 0 Å². The van der Waals surface area contributed by atoms with Crippen molar-refractivity contribution in [3.8, 4) is 11.4 Å². The predicted octanol–water partition coefficient (Wildman–Crippen LogP) is 3.57. The number of likely N-dealkylation sites (tertiary alicyclic amines) is 1. The summed E-state index contributed by atoms with van der Waals surface area (Å²) in [6.45, 7) is 4.83. The fourth-order valence-corrected chi connectivity index (χ4v) is 4.72. The van der Waals surface area contributed by atoms with E-state index < -0.39 is 0 Å². The molecule has 0 saturated carbocycles. The van der Waals surface area contributed by atoms with Gasteiger partial charge in [0.25, 0.3) is 0 Å². The van der Waals surface area contributed by atoms with Gasteiger partial charge in [0.1, 0.15) is 0 Å². The van der Waals surface area contributed by atoms with Crippen molar-refractivity contribution in [1.82, 2.24) is 25.0 Å². The van der Waals surface area contributed by atoms with Gasteiger partial charge in [0.15, 0.2) is 11.6 Å². The quantitative estimate of drug-likeness (QED) is 0.694. The molecule has 0 radical (unpaired) electrons. The van der Waals surface area contributed by atoms with Gasteiger partial charge in [-0.25, -0.2) is 9.97 Å². The first-order valence-electron chi connectivity index (χ1n) is 10.2. The topological polar surface area (TPSA) is 67.9 Å². The van der Waals surface area contributed by atoms with Crippen molar-refractivity contribution in [2.24, 2.45) is 0 Å². The second-order valence-electron chi connectivity index (χ2n) is 7.99. The van der Waals surface area contributed by atoms with Crippen LogP contribution in [0.3, 0.4) is 0 Å². The van der Waals surface area contributed by atoms with E-state index in [2.05, 4.69) is 32.2 Å². The fourth-order valence-electron chi connectivity index (χ4n) is 4.72. The maximum Gasteiger partial charge on any atom is 0.240 e. The Hall–Kier alpha value is -2.60. The van der Waals surface area contributed by atoms with Crippen molar-refractivity contribution in [2.75, 3.05) is 13.1 Å². The summed E-state index contributed by atoms with van der Waals surface area (Å²) >= 11 is 0. The molecular formula is C22H25N5O. The zero-order valence-corrected chi connectivity index (χ0v) is 16.3. The van der Waals surface area contributed by atoms with E-state index in [9.17, 15) is 0 Å². The minimum atomic E-state index is 0.119. The van der Waals surface area contributed by atoms with Crippen molar-refractivity contribution in [2.45, 2.75) is 51.0 Å². The number of piperidine rings is 1. The summed E-state index contributed by atoms with van der Waals surface area (Å²) in [6, 6.07) is 10.3. The van der Waals surface area contributed by atoms with Crippen LogP contribution in [0.1, 0.15) is 49.2 Å². The standard InChI is InChI=1S/C22H25N5O/c1-2-18-24-19(28-26-18)14-27-12-6-10-22(15-27)11-9-17-13-23-21(25-20(17)22)16-7-4-3-5-8-16/h3-5,7-8,13H,2,6,9-12,14-15H2,1H3. The van der Waals surface area contributed by atoms with Crippen LogP contribution in [0.5, 0.6) is 0 Å². The number of fused-ring (bicyclic) bond motifs is 2. The van der Waals surface area contributed by atoms with Gasteiger partial charge in [-0.1, -0.05) is 42.4 Å². The summed E-state index contributed by atoms with van der Waals surface area (Å²) in [5.74, 6) is 2.34. The second-order valence-corrected chi connectivity index (χ2v) is 7.99. The first kappa shape index (κ1) is 17.5. The largest absolute Gasteiger partial charge is 0.338 e. The van der Waals surface area contributed by atoms with Crippen LogP contribution in [0, 0.1) is 0 Å². The average molecular weight is 375 g/mol. The molecule has 1 unspecified atom stereocenters. The van der Waals surface area contributed by atoms with Crippen LogP contribution in [0.4, 0.5) is 0 Å². The number of nitrogens with zero attached hydrogens (tertiary/aromatic N) is 5. The van der Waals surface area contributed by atoms with Crippen molar-refractivity contribution < 1.29 is 4.52 Å². The summed E-state index contributed by atoms with van der Waals surface area (Å²) in [5, 5.41) is 4.04. The van der Waals surface area contributed by atoms with Crippen LogP contribution in [0.25, 0.3) is 11.4 Å². The Bertz CT molecular complexity index is 966. The van der Waals surface area contributed by atoms with E-state index in [0.717, 1.165) is 62.0 Å². The van der Waals surface area contributed by atoms with Crippen LogP contribution in [0.2, 0.25) is 0 Å². The van der Waals surface area contributed by atoms with Gasteiger partial charge in [0, 0.05) is 30.1 Å². The van der Waals surface area contributed by atoms with E-state index >= 15 is 0 Å². The number of aromatic nitrogens is 4. The highest BCUT2D eigenvalue weighted by Gasteiger charge is 2.44. The molecule has 1 aliphatic heterocycles. The van der Waals surface area contributed by atoms with Crippen LogP contribution in [-0.2, 0) is 24.8 Å². The molecule has 5 rings (SSSR count). The number of benzene rings is 1. The smallest absolute Gasteiger partial charge is 0.240 e. The van der Waals surface area contributed by atoms with E-state index in [1.807, 2.05) is 31.3 Å². The lowest BCUT2D eigenvalue weighted by Crippen LogP contribution is -2.45. The molecule has 28 heavy (non-hydrogen) atoms. The summed E-state index contributed by atoms with van der Waals surface area (Å²) in [6.07, 6.45) is 7.42. The summed E-state index contributed by atoms with van der Waals surface area (Å²) < 4.78 is 5.43. The van der Waals surface area contributed by atoms with Gasteiger partial charge in [0.05, 0.1) is 12.2 Å². The molecule has 1 aromatic carbocycles. The lowest BCUT2D eigenvalue weighted by atomic mass is 9.77. The third-order valence-corrected chi connectivity index (χ3v) is 6.11. The number of aryl methyl sites for hydroxylation is 2. The van der Waals surface area contributed by atoms with Crippen molar-refractivity contribution in [3.63, 3.8) is 0 Å². The van der Waals surface area contributed by atoms with E-state index in [-0.39, 0.29) is 5.41 Å². The molecule has 6 nitrogen and oxygen atoms in total. The lowest BCUT2D eigenvalue weighted by Gasteiger charge is -2.40. The van der Waals surface area contributed by atoms with Crippen molar-refractivity contribution in [1.29, 1.82) is 0 Å². The lowest BCUT2D eigenvalue weighted by molar-refractivity contribution is 0.123. The molecule has 1 fully saturated rings. The van der Waals surface area contributed by atoms with Crippen molar-refractivity contribution in [3.05, 3.63) is 59.5 Å². The highest BCUT2D eigenvalue weighted by atomic mass is 16.5. The zero-order chi connectivity index (χ0) is 19.0. The Morgan fingerprint density at radius 1 is 1.14 bits per heavy atom. The van der Waals surface area contributed by atoms with Gasteiger partial charge in [-0.05, 0) is 37.8 Å². The number of rotatable bonds is 4. The van der Waals surface area contributed by atoms with E-state index in [0.29, 0.717) is 0 Å². The molecule has 1 aliphatic carbocycles. The Kier molecular flexibility index (Phi) is 4.43. The molecule has 1 saturated heterocycles. The highest BCUT2D eigenvalue weighted by molar-refractivity contribution is 5.55. The van der Waals surface area contributed by atoms with Crippen LogP contribution in [0.15, 0.2) is 41.1 Å². The van der Waals surface area contributed by atoms with E-state index in [1.165, 1.54) is 24.1 Å². The van der Waals surface area contributed by atoms with Gasteiger partial charge in [0.2, 0.25) is 5.89 Å². The van der Waals surface area contributed by atoms with Gasteiger partial charge >= 0.3 is 0 Å². The molecule has 6 heteroatoms. The van der Waals surface area contributed by atoms with Crippen molar-refractivity contribution >= 4 is 0 Å².